The lowest BCUT2D eigenvalue weighted by Crippen LogP contribution is -2.13. The van der Waals surface area contributed by atoms with E-state index < -0.39 is 5.91 Å². The first-order chi connectivity index (χ1) is 12.6. The molecule has 0 aliphatic heterocycles. The van der Waals surface area contributed by atoms with Gasteiger partial charge in [-0.3, -0.25) is 10.1 Å². The number of hydrogen-bond donors (Lipinski definition) is 3. The van der Waals surface area contributed by atoms with Gasteiger partial charge in [-0.2, -0.15) is 5.26 Å². The van der Waals surface area contributed by atoms with Crippen LogP contribution in [-0.4, -0.2) is 21.1 Å². The van der Waals surface area contributed by atoms with Crippen molar-refractivity contribution in [2.24, 2.45) is 0 Å². The zero-order chi connectivity index (χ0) is 18.5. The number of phenolic OH excluding ortho intramolecular Hbond substituents is 2. The third kappa shape index (κ3) is 3.88. The third-order valence-corrected chi connectivity index (χ3v) is 4.42. The van der Waals surface area contributed by atoms with E-state index in [2.05, 4.69) is 10.3 Å². The van der Waals surface area contributed by atoms with Crippen molar-refractivity contribution < 1.29 is 15.0 Å². The maximum absolute atomic E-state index is 12.3. The van der Waals surface area contributed by atoms with Crippen LogP contribution in [0.15, 0.2) is 60.3 Å². The van der Waals surface area contributed by atoms with Gasteiger partial charge in [0.1, 0.15) is 11.6 Å². The summed E-state index contributed by atoms with van der Waals surface area (Å²) in [5, 5.41) is 31.0. The van der Waals surface area contributed by atoms with Crippen LogP contribution >= 0.6 is 11.3 Å². The fourth-order valence-corrected chi connectivity index (χ4v) is 2.99. The molecule has 0 atom stereocenters. The Morgan fingerprint density at radius 2 is 1.92 bits per heavy atom. The van der Waals surface area contributed by atoms with Crippen molar-refractivity contribution in [1.29, 1.82) is 5.26 Å². The summed E-state index contributed by atoms with van der Waals surface area (Å²) in [5.74, 6) is -1.21. The highest BCUT2D eigenvalue weighted by molar-refractivity contribution is 7.19. The summed E-state index contributed by atoms with van der Waals surface area (Å²) in [6, 6.07) is 15.5. The normalized spacial score (nSPS) is 11.0. The van der Waals surface area contributed by atoms with E-state index in [1.807, 2.05) is 36.4 Å². The molecule has 0 saturated carbocycles. The van der Waals surface area contributed by atoms with Crippen LogP contribution in [0.3, 0.4) is 0 Å². The Morgan fingerprint density at radius 3 is 2.62 bits per heavy atom. The van der Waals surface area contributed by atoms with Gasteiger partial charge in [0.25, 0.3) is 5.91 Å². The first-order valence-corrected chi connectivity index (χ1v) is 8.35. The van der Waals surface area contributed by atoms with E-state index in [1.54, 1.807) is 6.20 Å². The summed E-state index contributed by atoms with van der Waals surface area (Å²) < 4.78 is 0. The molecule has 3 aromatic rings. The van der Waals surface area contributed by atoms with Crippen LogP contribution in [0.5, 0.6) is 11.5 Å². The molecule has 2 aromatic carbocycles. The van der Waals surface area contributed by atoms with Gasteiger partial charge < -0.3 is 10.2 Å². The molecule has 128 valence electrons. The van der Waals surface area contributed by atoms with E-state index in [1.165, 1.54) is 35.6 Å². The number of anilines is 1. The quantitative estimate of drug-likeness (QED) is 0.372. The molecular weight excluding hydrogens is 350 g/mol. The van der Waals surface area contributed by atoms with E-state index in [9.17, 15) is 20.3 Å². The van der Waals surface area contributed by atoms with Crippen molar-refractivity contribution in [3.8, 4) is 28.0 Å². The van der Waals surface area contributed by atoms with Gasteiger partial charge in [-0.25, -0.2) is 4.98 Å². The molecule has 0 saturated heterocycles. The number of thiazole rings is 1. The van der Waals surface area contributed by atoms with Gasteiger partial charge in [-0.1, -0.05) is 47.7 Å². The minimum absolute atomic E-state index is 0.147. The van der Waals surface area contributed by atoms with Crippen LogP contribution in [0, 0.1) is 11.3 Å². The molecule has 1 aromatic heterocycles. The lowest BCUT2D eigenvalue weighted by Gasteiger charge is -2.02. The summed E-state index contributed by atoms with van der Waals surface area (Å²) in [7, 11) is 0. The van der Waals surface area contributed by atoms with E-state index in [4.69, 9.17) is 0 Å². The second-order valence-corrected chi connectivity index (χ2v) is 6.30. The molecule has 3 N–H and O–H groups in total. The highest BCUT2D eigenvalue weighted by Crippen LogP contribution is 2.29. The van der Waals surface area contributed by atoms with Crippen LogP contribution in [0.2, 0.25) is 0 Å². The number of hydrogen-bond acceptors (Lipinski definition) is 6. The van der Waals surface area contributed by atoms with Crippen LogP contribution in [0.1, 0.15) is 5.56 Å². The SMILES string of the molecule is N#C/C(=C\c1ccc(O)c(O)c1)C(=O)Nc1ncc(-c2ccccc2)s1. The Morgan fingerprint density at radius 1 is 1.15 bits per heavy atom. The highest BCUT2D eigenvalue weighted by atomic mass is 32.1. The van der Waals surface area contributed by atoms with Crippen LogP contribution in [0.4, 0.5) is 5.13 Å². The predicted octanol–water partition coefficient (Wildman–Crippen LogP) is 3.77. The van der Waals surface area contributed by atoms with Crippen LogP contribution < -0.4 is 5.32 Å². The fourth-order valence-electron chi connectivity index (χ4n) is 2.18. The topological polar surface area (TPSA) is 106 Å². The summed E-state index contributed by atoms with van der Waals surface area (Å²) in [6.07, 6.45) is 2.98. The Kier molecular flexibility index (Phi) is 4.97. The third-order valence-electron chi connectivity index (χ3n) is 3.46. The largest absolute Gasteiger partial charge is 0.504 e. The number of nitrogens with zero attached hydrogens (tertiary/aromatic N) is 2. The average molecular weight is 363 g/mol. The molecule has 26 heavy (non-hydrogen) atoms. The number of carbonyl (C=O) groups excluding carboxylic acids is 1. The van der Waals surface area contributed by atoms with Crippen molar-refractivity contribution >= 4 is 28.5 Å². The molecule has 7 heteroatoms. The Labute approximate surface area is 153 Å². The fraction of sp³-hybridized carbons (Fsp3) is 0. The summed E-state index contributed by atoms with van der Waals surface area (Å²) in [5.41, 5.74) is 1.25. The van der Waals surface area contributed by atoms with E-state index in [-0.39, 0.29) is 17.1 Å². The maximum atomic E-state index is 12.3. The summed E-state index contributed by atoms with van der Waals surface area (Å²) in [6.45, 7) is 0. The second-order valence-electron chi connectivity index (χ2n) is 5.27. The minimum atomic E-state index is -0.603. The highest BCUT2D eigenvalue weighted by Gasteiger charge is 2.13. The van der Waals surface area contributed by atoms with Crippen LogP contribution in [-0.2, 0) is 4.79 Å². The molecule has 0 radical (unpaired) electrons. The zero-order valence-electron chi connectivity index (χ0n) is 13.4. The average Bonchev–Trinajstić information content (AvgIpc) is 3.11. The van der Waals surface area contributed by atoms with Crippen molar-refractivity contribution in [3.63, 3.8) is 0 Å². The van der Waals surface area contributed by atoms with Crippen molar-refractivity contribution in [3.05, 3.63) is 65.9 Å². The second kappa shape index (κ2) is 7.51. The van der Waals surface area contributed by atoms with Gasteiger partial charge in [-0.15, -0.1) is 0 Å². The standard InChI is InChI=1S/C19H13N3O3S/c20-10-14(8-12-6-7-15(23)16(24)9-12)18(25)22-19-21-11-17(26-19)13-4-2-1-3-5-13/h1-9,11,23-24H,(H,21,22,25)/b14-8+. The van der Waals surface area contributed by atoms with Crippen molar-refractivity contribution in [2.75, 3.05) is 5.32 Å². The molecule has 1 amide bonds. The molecule has 6 nitrogen and oxygen atoms in total. The van der Waals surface area contributed by atoms with Gasteiger partial charge in [0, 0.05) is 6.20 Å². The van der Waals surface area contributed by atoms with E-state index in [0.717, 1.165) is 10.4 Å². The number of carbonyl (C=O) groups is 1. The van der Waals surface area contributed by atoms with Crippen molar-refractivity contribution in [2.45, 2.75) is 0 Å². The zero-order valence-corrected chi connectivity index (χ0v) is 14.2. The molecule has 0 aliphatic rings. The Balaban J connectivity index is 1.78. The van der Waals surface area contributed by atoms with Crippen molar-refractivity contribution in [1.82, 2.24) is 4.98 Å². The molecule has 0 bridgehead atoms. The van der Waals surface area contributed by atoms with E-state index in [0.29, 0.717) is 10.7 Å². The summed E-state index contributed by atoms with van der Waals surface area (Å²) in [4.78, 5) is 17.4. The first kappa shape index (κ1) is 17.2. The lowest BCUT2D eigenvalue weighted by molar-refractivity contribution is -0.112. The minimum Gasteiger partial charge on any atom is -0.504 e. The number of aromatic nitrogens is 1. The lowest BCUT2D eigenvalue weighted by atomic mass is 10.1. The molecule has 0 fully saturated rings. The number of aromatic hydroxyl groups is 2. The molecule has 1 heterocycles. The van der Waals surface area contributed by atoms with Gasteiger partial charge >= 0.3 is 0 Å². The number of nitriles is 1. The Hall–Kier alpha value is -3.63. The van der Waals surface area contributed by atoms with E-state index >= 15 is 0 Å². The van der Waals surface area contributed by atoms with Crippen LogP contribution in [0.25, 0.3) is 16.5 Å². The summed E-state index contributed by atoms with van der Waals surface area (Å²) >= 11 is 1.30. The monoisotopic (exact) mass is 363 g/mol. The molecule has 3 rings (SSSR count). The molecule has 0 unspecified atom stereocenters. The number of amides is 1. The number of phenols is 2. The Bertz CT molecular complexity index is 1020. The smallest absolute Gasteiger partial charge is 0.268 e. The number of nitrogens with one attached hydrogen (secondary N) is 1. The first-order valence-electron chi connectivity index (χ1n) is 7.53. The van der Waals surface area contributed by atoms with Gasteiger partial charge in [-0.05, 0) is 29.3 Å². The van der Waals surface area contributed by atoms with Gasteiger partial charge in [0.05, 0.1) is 4.88 Å². The number of rotatable bonds is 4. The molecule has 0 spiro atoms. The number of benzene rings is 2. The van der Waals surface area contributed by atoms with Gasteiger partial charge in [0.2, 0.25) is 0 Å². The predicted molar refractivity (Wildman–Crippen MR) is 99.5 cm³/mol. The van der Waals surface area contributed by atoms with Gasteiger partial charge in [0.15, 0.2) is 16.6 Å². The molecule has 0 aliphatic carbocycles. The maximum Gasteiger partial charge on any atom is 0.268 e. The molecular formula is C19H13N3O3S.